The second-order valence-corrected chi connectivity index (χ2v) is 33.3. The van der Waals surface area contributed by atoms with Crippen LogP contribution >= 0.6 is 0 Å². The molecule has 1 aromatic carbocycles. The first-order valence-corrected chi connectivity index (χ1v) is 35.4. The number of fused-ring (bicyclic) bond motifs is 7. The van der Waals surface area contributed by atoms with E-state index in [1.165, 1.54) is 36.8 Å². The molecule has 0 unspecified atom stereocenters. The number of aliphatic hydroxyl groups excluding tert-OH is 3. The number of furan rings is 1. The van der Waals surface area contributed by atoms with Gasteiger partial charge in [-0.15, -0.1) is 0 Å². The molecule has 468 valence electrons. The first-order valence-electron chi connectivity index (χ1n) is 35.4. The quantitative estimate of drug-likeness (QED) is 0.0808. The predicted molar refractivity (Wildman–Crippen MR) is 322 cm³/mol. The number of rotatable bonds is 9. The number of ether oxygens (including phenoxy) is 4. The number of aliphatic hydroxyl groups is 3. The molecular weight excluding hydrogens is 1100 g/mol. The number of epoxide rings is 1. The molecule has 13 nitrogen and oxygen atoms in total. The van der Waals surface area contributed by atoms with Crippen molar-refractivity contribution in [2.75, 3.05) is 26.4 Å². The SMILES string of the molecule is C[C@H]1[C@@H]2CCC[C@@H]2CC[C@@H]1[C@H]1C=C2C[C@@H]3CCC[C@]34C[C@@H]3C[C@]5(C)[C@]67O[C@@H]6C(=O)O[C@]5(c5ccoc5C[C@@H]([C@@H]5CC[C@H]6[C@H](C=CN8CNC[C@H]68)C5)[C@H](O)CO)CC#C[C@H]5CC[C@@H](Cc6ccccc6)C[C@H]5[C@]75[C@H](O)C(=O)[C@@H]6[C@@]1(C)O[C@]21[C@H]4C(=O)OC[C@@]61[C@@H]35. The van der Waals surface area contributed by atoms with Crippen molar-refractivity contribution in [1.29, 1.82) is 0 Å². The van der Waals surface area contributed by atoms with Gasteiger partial charge in [0, 0.05) is 47.2 Å². The van der Waals surface area contributed by atoms with Crippen molar-refractivity contribution in [1.82, 2.24) is 10.2 Å². The lowest BCUT2D eigenvalue weighted by Crippen LogP contribution is -2.83. The van der Waals surface area contributed by atoms with Gasteiger partial charge in [0.15, 0.2) is 17.5 Å². The topological polar surface area (TPSA) is 181 Å². The Balaban J connectivity index is 0.824. The molecule has 19 rings (SSSR count). The fourth-order valence-corrected chi connectivity index (χ4v) is 28.5. The molecule has 9 saturated carbocycles. The zero-order valence-electron chi connectivity index (χ0n) is 51.9. The number of hydrogen-bond donors (Lipinski definition) is 4. The Morgan fingerprint density at radius 2 is 1.76 bits per heavy atom. The third-order valence-corrected chi connectivity index (χ3v) is 31.1. The number of Topliss-reactive ketones (excluding diaryl/α,β-unsaturated/α-hetero) is 1. The van der Waals surface area contributed by atoms with Gasteiger partial charge < -0.3 is 43.6 Å². The van der Waals surface area contributed by atoms with E-state index >= 15 is 19.5 Å². The summed E-state index contributed by atoms with van der Waals surface area (Å²) >= 11 is 0. The van der Waals surface area contributed by atoms with Crippen LogP contribution in [0.15, 0.2) is 71.0 Å². The molecule has 8 heterocycles. The van der Waals surface area contributed by atoms with Gasteiger partial charge in [0.25, 0.3) is 0 Å². The van der Waals surface area contributed by atoms with Crippen molar-refractivity contribution in [2.45, 2.75) is 196 Å². The Hall–Kier alpha value is -4.29. The van der Waals surface area contributed by atoms with Crippen LogP contribution in [0.25, 0.3) is 0 Å². The van der Waals surface area contributed by atoms with Crippen LogP contribution in [0.1, 0.15) is 153 Å². The number of ketones is 1. The Bertz CT molecular complexity index is 3420. The van der Waals surface area contributed by atoms with Crippen LogP contribution in [0.3, 0.4) is 0 Å². The van der Waals surface area contributed by atoms with Crippen molar-refractivity contribution >= 4 is 17.7 Å². The minimum atomic E-state index is -1.56. The van der Waals surface area contributed by atoms with E-state index in [0.717, 1.165) is 89.8 Å². The van der Waals surface area contributed by atoms with Crippen LogP contribution in [-0.4, -0.2) is 106 Å². The maximum absolute atomic E-state index is 17.7. The second kappa shape index (κ2) is 18.5. The average molecular weight is 1200 g/mol. The molecule has 9 bridgehead atoms. The van der Waals surface area contributed by atoms with Crippen LogP contribution in [0.5, 0.6) is 0 Å². The van der Waals surface area contributed by atoms with Gasteiger partial charge in [-0.3, -0.25) is 14.9 Å². The fraction of sp³-hybridized carbons (Fsp3) is 0.747. The standard InChI is InChI=1S/C75H92N2O11/c1-40-50-15-7-12-43(50)18-20-51(40)56-32-49-31-48-14-9-24-70(48)35-47-34-68(2)72(54-23-27-84-59(54)33-53(58(79)37-78)45-19-21-52-46(30-45)22-26-77-39-76-36-57(52)77)25-8-13-44-17-16-42(28-41-10-5-4-6-11-41)29-55(44)73(75(68)65(86-75)67(83)87-72)61(47)71-38-85-66(82)63(70)74(49,71)88-69(56,3)62(71)60(80)64(73)81/h4-6,10-11,22-23,26-27,32,40,42-48,50-53,55-58,61-65,76,78-79,81H,7,9,12,14-21,24-25,28-31,33-39H2,1-3H3/t40-,42-,43+,44-,45+,46+,47-,48-,50-,51-,52-,53-,55+,56+,57+,58+,61+,62+,63-,64+,65+,68-,69-,70-,71+,72-,73-,74-,75+/m0/s1. The van der Waals surface area contributed by atoms with E-state index in [1.54, 1.807) is 6.26 Å². The lowest BCUT2D eigenvalue weighted by atomic mass is 9.28. The van der Waals surface area contributed by atoms with Gasteiger partial charge in [-0.1, -0.05) is 87.4 Å². The molecule has 13 heteroatoms. The Labute approximate surface area is 518 Å². The number of nitrogens with zero attached hydrogens (tertiary/aromatic N) is 1. The highest BCUT2D eigenvalue weighted by atomic mass is 16.7. The number of carbonyl (C=O) groups is 3. The summed E-state index contributed by atoms with van der Waals surface area (Å²) in [7, 11) is 0. The summed E-state index contributed by atoms with van der Waals surface area (Å²) in [5.74, 6) is 7.72. The normalized spacial score (nSPS) is 53.7. The number of carbonyl (C=O) groups excluding carboxylic acids is 3. The monoisotopic (exact) mass is 1200 g/mol. The molecule has 14 fully saturated rings. The summed E-state index contributed by atoms with van der Waals surface area (Å²) < 4.78 is 37.6. The van der Waals surface area contributed by atoms with Gasteiger partial charge in [-0.2, -0.15) is 0 Å². The molecule has 0 radical (unpaired) electrons. The average Bonchev–Trinajstić information content (AvgIpc) is 1.40. The maximum Gasteiger partial charge on any atom is 0.339 e. The molecular formula is C75H92N2O11. The molecule has 2 aromatic rings. The predicted octanol–water partition coefficient (Wildman–Crippen LogP) is 9.64. The summed E-state index contributed by atoms with van der Waals surface area (Å²) in [6.07, 6.45) is 22.8. The number of hydrogen-bond acceptors (Lipinski definition) is 13. The summed E-state index contributed by atoms with van der Waals surface area (Å²) in [5.41, 5.74) is -6.09. The lowest BCUT2D eigenvalue weighted by molar-refractivity contribution is -0.315. The van der Waals surface area contributed by atoms with Crippen LogP contribution < -0.4 is 5.32 Å². The van der Waals surface area contributed by atoms with Crippen molar-refractivity contribution in [3.8, 4) is 11.8 Å². The van der Waals surface area contributed by atoms with E-state index in [0.29, 0.717) is 66.7 Å². The minimum Gasteiger partial charge on any atom is -0.469 e. The van der Waals surface area contributed by atoms with E-state index in [4.69, 9.17) is 23.4 Å². The third kappa shape index (κ3) is 6.34. The van der Waals surface area contributed by atoms with E-state index in [-0.39, 0.29) is 72.1 Å². The Kier molecular flexibility index (Phi) is 11.6. The largest absolute Gasteiger partial charge is 0.469 e. The highest BCUT2D eigenvalue weighted by Gasteiger charge is 3.00. The van der Waals surface area contributed by atoms with E-state index in [9.17, 15) is 10.2 Å². The molecule has 0 amide bonds. The highest BCUT2D eigenvalue weighted by molar-refractivity contribution is 5.94. The van der Waals surface area contributed by atoms with Gasteiger partial charge in [0.2, 0.25) is 0 Å². The van der Waals surface area contributed by atoms with Crippen LogP contribution in [-0.2, 0) is 51.8 Å². The molecule has 5 spiro atoms. The summed E-state index contributed by atoms with van der Waals surface area (Å²) in [6.45, 7) is 8.50. The highest BCUT2D eigenvalue weighted by Crippen LogP contribution is 2.91. The molecule has 7 aliphatic heterocycles. The molecule has 4 N–H and O–H groups in total. The molecule has 5 saturated heterocycles. The third-order valence-electron chi connectivity index (χ3n) is 31.1. The maximum atomic E-state index is 17.7. The molecule has 88 heavy (non-hydrogen) atoms. The van der Waals surface area contributed by atoms with E-state index in [1.807, 2.05) is 6.07 Å². The lowest BCUT2D eigenvalue weighted by Gasteiger charge is -2.74. The van der Waals surface area contributed by atoms with Crippen LogP contribution in [0, 0.1) is 134 Å². The van der Waals surface area contributed by atoms with Gasteiger partial charge in [0.05, 0.1) is 54.9 Å². The minimum absolute atomic E-state index is 0.0259. The first-order chi connectivity index (χ1) is 42.6. The van der Waals surface area contributed by atoms with Gasteiger partial charge >= 0.3 is 11.9 Å². The summed E-state index contributed by atoms with van der Waals surface area (Å²) in [6, 6.07) is 13.2. The Morgan fingerprint density at radius 1 is 0.898 bits per heavy atom. The summed E-state index contributed by atoms with van der Waals surface area (Å²) in [4.78, 5) is 52.2. The van der Waals surface area contributed by atoms with Gasteiger partial charge in [-0.05, 0) is 209 Å². The van der Waals surface area contributed by atoms with E-state index < -0.39 is 98.6 Å². The van der Waals surface area contributed by atoms with Crippen molar-refractivity contribution in [3.05, 3.63) is 83.5 Å². The first kappa shape index (κ1) is 55.4. The molecule has 1 aromatic heterocycles. The Morgan fingerprint density at radius 3 is 2.62 bits per heavy atom. The smallest absolute Gasteiger partial charge is 0.339 e. The van der Waals surface area contributed by atoms with Crippen LogP contribution in [0.4, 0.5) is 0 Å². The fourth-order valence-electron chi connectivity index (χ4n) is 28.5. The van der Waals surface area contributed by atoms with E-state index in [2.05, 4.69) is 91.5 Å². The number of allylic oxidation sites excluding steroid dienone is 1. The van der Waals surface area contributed by atoms with Crippen molar-refractivity contribution < 1.29 is 53.1 Å². The number of cyclic esters (lactones) is 1. The zero-order valence-corrected chi connectivity index (χ0v) is 51.9. The second-order valence-electron chi connectivity index (χ2n) is 33.3. The molecule has 10 aliphatic carbocycles. The van der Waals surface area contributed by atoms with Crippen molar-refractivity contribution in [2.24, 2.45) is 122 Å². The number of nitrogens with one attached hydrogen (secondary N) is 1. The van der Waals surface area contributed by atoms with Crippen LogP contribution in [0.2, 0.25) is 0 Å². The van der Waals surface area contributed by atoms with Gasteiger partial charge in [-0.25, -0.2) is 4.79 Å². The van der Waals surface area contributed by atoms with Gasteiger partial charge in [0.1, 0.15) is 29.7 Å². The molecule has 17 aliphatic rings. The molecule has 29 atom stereocenters. The number of benzene rings is 1. The number of esters is 2. The zero-order chi connectivity index (χ0) is 59.4. The van der Waals surface area contributed by atoms with Crippen molar-refractivity contribution in [3.63, 3.8) is 0 Å². The summed E-state index contributed by atoms with van der Waals surface area (Å²) in [5, 5.41) is 41.8.